The van der Waals surface area contributed by atoms with E-state index in [9.17, 15) is 9.59 Å². The second-order valence-corrected chi connectivity index (χ2v) is 7.52. The lowest BCUT2D eigenvalue weighted by atomic mass is 10.2. The molecule has 144 valence electrons. The van der Waals surface area contributed by atoms with Crippen LogP contribution in [0.25, 0.3) is 11.3 Å². The molecule has 2 N–H and O–H groups in total. The minimum absolute atomic E-state index is 0.166. The van der Waals surface area contributed by atoms with Gasteiger partial charge in [0.05, 0.1) is 4.88 Å². The number of hydrogen-bond acceptors (Lipinski definition) is 4. The summed E-state index contributed by atoms with van der Waals surface area (Å²) in [4.78, 5) is 25.2. The normalized spacial score (nSPS) is 10.5. The van der Waals surface area contributed by atoms with E-state index in [4.69, 9.17) is 16.0 Å². The monoisotopic (exact) mass is 422 g/mol. The quantitative estimate of drug-likeness (QED) is 0.404. The van der Waals surface area contributed by atoms with Crippen molar-refractivity contribution in [2.75, 3.05) is 10.6 Å². The second-order valence-electron chi connectivity index (χ2n) is 6.14. The first-order chi connectivity index (χ1) is 14.1. The molecule has 0 aliphatic rings. The third kappa shape index (κ3) is 4.56. The van der Waals surface area contributed by atoms with Gasteiger partial charge in [0, 0.05) is 22.0 Å². The molecule has 0 spiro atoms. The predicted molar refractivity (Wildman–Crippen MR) is 116 cm³/mol. The van der Waals surface area contributed by atoms with Crippen LogP contribution in [0.15, 0.2) is 82.6 Å². The van der Waals surface area contributed by atoms with Gasteiger partial charge in [0.1, 0.15) is 5.76 Å². The van der Waals surface area contributed by atoms with E-state index in [1.54, 1.807) is 54.6 Å². The van der Waals surface area contributed by atoms with Crippen molar-refractivity contribution < 1.29 is 14.0 Å². The number of halogens is 1. The zero-order chi connectivity index (χ0) is 20.2. The van der Waals surface area contributed by atoms with Crippen LogP contribution in [-0.4, -0.2) is 11.8 Å². The van der Waals surface area contributed by atoms with Gasteiger partial charge in [-0.25, -0.2) is 0 Å². The highest BCUT2D eigenvalue weighted by Gasteiger charge is 2.13. The summed E-state index contributed by atoms with van der Waals surface area (Å²) in [7, 11) is 0. The molecule has 5 nitrogen and oxygen atoms in total. The van der Waals surface area contributed by atoms with Crippen molar-refractivity contribution in [2.45, 2.75) is 0 Å². The molecule has 7 heteroatoms. The Kier molecular flexibility index (Phi) is 5.46. The maximum absolute atomic E-state index is 12.4. The zero-order valence-corrected chi connectivity index (χ0v) is 16.6. The molecule has 0 bridgehead atoms. The van der Waals surface area contributed by atoms with Crippen LogP contribution < -0.4 is 10.6 Å². The van der Waals surface area contributed by atoms with Crippen molar-refractivity contribution in [3.05, 3.63) is 93.8 Å². The smallest absolute Gasteiger partial charge is 0.291 e. The van der Waals surface area contributed by atoms with Crippen LogP contribution in [0.4, 0.5) is 11.4 Å². The number of anilines is 2. The van der Waals surface area contributed by atoms with Gasteiger partial charge in [-0.1, -0.05) is 29.8 Å². The van der Waals surface area contributed by atoms with Gasteiger partial charge in [0.25, 0.3) is 11.8 Å². The van der Waals surface area contributed by atoms with Crippen molar-refractivity contribution >= 4 is 46.1 Å². The highest BCUT2D eigenvalue weighted by atomic mass is 35.5. The summed E-state index contributed by atoms with van der Waals surface area (Å²) in [6.07, 6.45) is 0. The molecule has 0 unspecified atom stereocenters. The molecule has 0 saturated carbocycles. The molecule has 0 atom stereocenters. The molecular formula is C22H15ClN2O3S. The number of benzene rings is 2. The van der Waals surface area contributed by atoms with Gasteiger partial charge in [0.2, 0.25) is 0 Å². The fraction of sp³-hybridized carbons (Fsp3) is 0. The lowest BCUT2D eigenvalue weighted by Gasteiger charge is -2.06. The van der Waals surface area contributed by atoms with E-state index in [2.05, 4.69) is 10.6 Å². The highest BCUT2D eigenvalue weighted by Crippen LogP contribution is 2.25. The van der Waals surface area contributed by atoms with E-state index in [0.29, 0.717) is 27.0 Å². The van der Waals surface area contributed by atoms with Crippen LogP contribution in [-0.2, 0) is 0 Å². The van der Waals surface area contributed by atoms with Crippen molar-refractivity contribution in [1.82, 2.24) is 0 Å². The first-order valence-electron chi connectivity index (χ1n) is 8.70. The van der Waals surface area contributed by atoms with Gasteiger partial charge < -0.3 is 15.1 Å². The summed E-state index contributed by atoms with van der Waals surface area (Å²) in [5, 5.41) is 8.03. The van der Waals surface area contributed by atoms with Crippen molar-refractivity contribution in [1.29, 1.82) is 0 Å². The molecular weight excluding hydrogens is 408 g/mol. The maximum Gasteiger partial charge on any atom is 0.291 e. The Hall–Kier alpha value is -3.35. The summed E-state index contributed by atoms with van der Waals surface area (Å²) in [5.41, 5.74) is 2.02. The van der Waals surface area contributed by atoms with E-state index in [0.717, 1.165) is 5.56 Å². The summed E-state index contributed by atoms with van der Waals surface area (Å²) < 4.78 is 5.65. The number of furan rings is 1. The molecule has 0 radical (unpaired) electrons. The zero-order valence-electron chi connectivity index (χ0n) is 15.0. The average Bonchev–Trinajstić information content (AvgIpc) is 3.42. The largest absolute Gasteiger partial charge is 0.451 e. The summed E-state index contributed by atoms with van der Waals surface area (Å²) in [6.45, 7) is 0. The molecule has 0 aliphatic carbocycles. The Bertz CT molecular complexity index is 1150. The fourth-order valence-corrected chi connectivity index (χ4v) is 3.50. The number of rotatable bonds is 5. The van der Waals surface area contributed by atoms with Gasteiger partial charge in [-0.2, -0.15) is 0 Å². The van der Waals surface area contributed by atoms with E-state index >= 15 is 0 Å². The van der Waals surface area contributed by atoms with Gasteiger partial charge in [0.15, 0.2) is 5.76 Å². The number of nitrogens with one attached hydrogen (secondary N) is 2. The van der Waals surface area contributed by atoms with Crippen LogP contribution in [0.2, 0.25) is 5.02 Å². The van der Waals surface area contributed by atoms with E-state index < -0.39 is 0 Å². The van der Waals surface area contributed by atoms with Crippen LogP contribution in [0, 0.1) is 0 Å². The lowest BCUT2D eigenvalue weighted by Crippen LogP contribution is -2.12. The first-order valence-corrected chi connectivity index (χ1v) is 9.96. The van der Waals surface area contributed by atoms with Gasteiger partial charge in [-0.3, -0.25) is 9.59 Å². The number of thiophene rings is 1. The summed E-state index contributed by atoms with van der Waals surface area (Å²) in [5.74, 6) is 0.217. The number of hydrogen-bond donors (Lipinski definition) is 2. The van der Waals surface area contributed by atoms with Crippen molar-refractivity contribution in [2.24, 2.45) is 0 Å². The molecule has 0 saturated heterocycles. The Morgan fingerprint density at radius 1 is 0.828 bits per heavy atom. The first kappa shape index (κ1) is 19.0. The lowest BCUT2D eigenvalue weighted by molar-refractivity contribution is 0.0995. The van der Waals surface area contributed by atoms with E-state index in [-0.39, 0.29) is 17.6 Å². The average molecular weight is 423 g/mol. The summed E-state index contributed by atoms with van der Waals surface area (Å²) in [6, 6.07) is 21.0. The maximum atomic E-state index is 12.4. The highest BCUT2D eigenvalue weighted by molar-refractivity contribution is 7.12. The number of amides is 2. The fourth-order valence-electron chi connectivity index (χ4n) is 2.69. The standard InChI is InChI=1S/C22H15ClN2O3S/c23-15-4-1-3-14(13-15)18-10-11-19(28-18)21(26)24-16-6-8-17(9-7-16)25-22(27)20-5-2-12-29-20/h1-13H,(H,24,26)(H,25,27). The van der Waals surface area contributed by atoms with Crippen molar-refractivity contribution in [3.8, 4) is 11.3 Å². The SMILES string of the molecule is O=C(Nc1ccc(NC(=O)c2cccs2)cc1)c1ccc(-c2cccc(Cl)c2)o1. The van der Waals surface area contributed by atoms with E-state index in [1.165, 1.54) is 11.3 Å². The topological polar surface area (TPSA) is 71.3 Å². The molecule has 29 heavy (non-hydrogen) atoms. The van der Waals surface area contributed by atoms with Crippen molar-refractivity contribution in [3.63, 3.8) is 0 Å². The van der Waals surface area contributed by atoms with E-state index in [1.807, 2.05) is 23.6 Å². The van der Waals surface area contributed by atoms with Gasteiger partial charge in [-0.05, 0) is 60.0 Å². The Labute approximate surface area is 175 Å². The number of carbonyl (C=O) groups is 2. The van der Waals surface area contributed by atoms with Gasteiger partial charge in [-0.15, -0.1) is 11.3 Å². The molecule has 2 aromatic carbocycles. The van der Waals surface area contributed by atoms with Crippen LogP contribution in [0.1, 0.15) is 20.2 Å². The minimum Gasteiger partial charge on any atom is -0.451 e. The predicted octanol–water partition coefficient (Wildman–Crippen LogP) is 6.17. The van der Waals surface area contributed by atoms with Crippen LogP contribution in [0.5, 0.6) is 0 Å². The molecule has 2 amide bonds. The van der Waals surface area contributed by atoms with Gasteiger partial charge >= 0.3 is 0 Å². The Balaban J connectivity index is 1.40. The molecule has 2 aromatic heterocycles. The van der Waals surface area contributed by atoms with Crippen LogP contribution >= 0.6 is 22.9 Å². The molecule has 2 heterocycles. The minimum atomic E-state index is -0.367. The third-order valence-electron chi connectivity index (χ3n) is 4.08. The third-order valence-corrected chi connectivity index (χ3v) is 5.19. The molecule has 0 fully saturated rings. The molecule has 0 aliphatic heterocycles. The Morgan fingerprint density at radius 3 is 2.21 bits per heavy atom. The molecule has 4 aromatic rings. The number of carbonyl (C=O) groups excluding carboxylic acids is 2. The van der Waals surface area contributed by atoms with Crippen LogP contribution in [0.3, 0.4) is 0 Å². The second kappa shape index (κ2) is 8.34. The Morgan fingerprint density at radius 2 is 1.55 bits per heavy atom. The summed E-state index contributed by atoms with van der Waals surface area (Å²) >= 11 is 7.37. The molecule has 4 rings (SSSR count).